The van der Waals surface area contributed by atoms with E-state index in [1.807, 2.05) is 0 Å². The fraction of sp³-hybridized carbons (Fsp3) is 0.667. The first kappa shape index (κ1) is 19.2. The average Bonchev–Trinajstić information content (AvgIpc) is 2.63. The second-order valence-electron chi connectivity index (χ2n) is 7.98. The molecule has 2 fully saturated rings. The average molecular weight is 360 g/mol. The van der Waals surface area contributed by atoms with Gasteiger partial charge in [-0.3, -0.25) is 4.99 Å². The van der Waals surface area contributed by atoms with Crippen molar-refractivity contribution in [2.45, 2.75) is 39.7 Å². The number of ether oxygens (including phenoxy) is 2. The van der Waals surface area contributed by atoms with E-state index in [1.165, 1.54) is 17.5 Å². The zero-order valence-electron chi connectivity index (χ0n) is 16.4. The Morgan fingerprint density at radius 2 is 2.00 bits per heavy atom. The van der Waals surface area contributed by atoms with Gasteiger partial charge in [0.05, 0.1) is 25.9 Å². The maximum atomic E-state index is 6.13. The van der Waals surface area contributed by atoms with Crippen molar-refractivity contribution in [3.63, 3.8) is 0 Å². The van der Waals surface area contributed by atoms with Gasteiger partial charge >= 0.3 is 0 Å². The van der Waals surface area contributed by atoms with Crippen molar-refractivity contribution in [2.24, 2.45) is 16.3 Å². The van der Waals surface area contributed by atoms with Gasteiger partial charge in [0.15, 0.2) is 5.96 Å². The molecule has 2 N–H and O–H groups in total. The van der Waals surface area contributed by atoms with E-state index in [-0.39, 0.29) is 11.5 Å². The van der Waals surface area contributed by atoms with Crippen LogP contribution in [0.15, 0.2) is 29.3 Å². The molecular formula is C21H33N3O2. The molecule has 2 atom stereocenters. The molecule has 0 amide bonds. The summed E-state index contributed by atoms with van der Waals surface area (Å²) in [6.07, 6.45) is 2.46. The van der Waals surface area contributed by atoms with E-state index in [4.69, 9.17) is 14.5 Å². The number of nitrogens with one attached hydrogen (secondary N) is 2. The van der Waals surface area contributed by atoms with Crippen molar-refractivity contribution in [1.29, 1.82) is 0 Å². The van der Waals surface area contributed by atoms with E-state index in [2.05, 4.69) is 55.7 Å². The number of aliphatic imine (C=N–C) groups is 1. The molecule has 3 rings (SSSR count). The van der Waals surface area contributed by atoms with Gasteiger partial charge in [-0.25, -0.2) is 0 Å². The molecule has 0 spiro atoms. The Labute approximate surface area is 157 Å². The number of guanidine groups is 1. The summed E-state index contributed by atoms with van der Waals surface area (Å²) in [5.74, 6) is 1.35. The molecule has 0 radical (unpaired) electrons. The molecule has 2 unspecified atom stereocenters. The minimum Gasteiger partial charge on any atom is -0.380 e. The van der Waals surface area contributed by atoms with Gasteiger partial charge in [0.2, 0.25) is 0 Å². The Hall–Kier alpha value is -1.59. The molecule has 0 aromatic heterocycles. The van der Waals surface area contributed by atoms with E-state index < -0.39 is 0 Å². The summed E-state index contributed by atoms with van der Waals surface area (Å²) in [4.78, 5) is 4.77. The van der Waals surface area contributed by atoms with Crippen LogP contribution in [0.4, 0.5) is 0 Å². The number of aryl methyl sites for hydroxylation is 1. The first-order chi connectivity index (χ1) is 12.6. The van der Waals surface area contributed by atoms with Crippen LogP contribution in [0.5, 0.6) is 0 Å². The number of benzene rings is 1. The number of hydrogen-bond donors (Lipinski definition) is 2. The SMILES string of the molecule is CCNC(=NCC1(C)COC1)NCC1CCCOC1c1ccc(C)cc1. The zero-order valence-corrected chi connectivity index (χ0v) is 16.4. The molecule has 0 bridgehead atoms. The molecule has 1 aromatic carbocycles. The van der Waals surface area contributed by atoms with Crippen LogP contribution >= 0.6 is 0 Å². The van der Waals surface area contributed by atoms with Gasteiger partial charge in [0, 0.05) is 31.0 Å². The van der Waals surface area contributed by atoms with E-state index in [9.17, 15) is 0 Å². The Balaban J connectivity index is 1.60. The largest absolute Gasteiger partial charge is 0.380 e. The third-order valence-electron chi connectivity index (χ3n) is 5.25. The lowest BCUT2D eigenvalue weighted by Crippen LogP contribution is -2.45. The highest BCUT2D eigenvalue weighted by Crippen LogP contribution is 2.33. The van der Waals surface area contributed by atoms with Crippen LogP contribution in [0, 0.1) is 18.3 Å². The number of hydrogen-bond acceptors (Lipinski definition) is 3. The van der Waals surface area contributed by atoms with Gasteiger partial charge in [0.1, 0.15) is 0 Å². The lowest BCUT2D eigenvalue weighted by atomic mass is 9.89. The molecular weight excluding hydrogens is 326 g/mol. The van der Waals surface area contributed by atoms with Crippen molar-refractivity contribution < 1.29 is 9.47 Å². The van der Waals surface area contributed by atoms with Crippen LogP contribution in [0.3, 0.4) is 0 Å². The molecule has 0 saturated carbocycles. The minimum absolute atomic E-state index is 0.164. The summed E-state index contributed by atoms with van der Waals surface area (Å²) in [5.41, 5.74) is 2.76. The lowest BCUT2D eigenvalue weighted by Gasteiger charge is -2.37. The summed E-state index contributed by atoms with van der Waals surface area (Å²) in [5, 5.41) is 6.90. The van der Waals surface area contributed by atoms with Crippen LogP contribution in [0.2, 0.25) is 0 Å². The van der Waals surface area contributed by atoms with Crippen LogP contribution in [0.25, 0.3) is 0 Å². The predicted molar refractivity (Wildman–Crippen MR) is 106 cm³/mol. The van der Waals surface area contributed by atoms with E-state index in [1.54, 1.807) is 0 Å². The Morgan fingerprint density at radius 3 is 2.65 bits per heavy atom. The van der Waals surface area contributed by atoms with E-state index in [0.29, 0.717) is 5.92 Å². The number of nitrogens with zero attached hydrogens (tertiary/aromatic N) is 1. The highest BCUT2D eigenvalue weighted by Gasteiger charge is 2.33. The smallest absolute Gasteiger partial charge is 0.191 e. The molecule has 2 aliphatic heterocycles. The second-order valence-corrected chi connectivity index (χ2v) is 7.98. The molecule has 26 heavy (non-hydrogen) atoms. The van der Waals surface area contributed by atoms with Crippen molar-refractivity contribution in [1.82, 2.24) is 10.6 Å². The number of rotatable bonds is 6. The maximum Gasteiger partial charge on any atom is 0.191 e. The van der Waals surface area contributed by atoms with Gasteiger partial charge in [-0.2, -0.15) is 0 Å². The minimum atomic E-state index is 0.164. The summed E-state index contributed by atoms with van der Waals surface area (Å²) in [7, 11) is 0. The van der Waals surface area contributed by atoms with Crippen LogP contribution in [0.1, 0.15) is 43.9 Å². The molecule has 0 aliphatic carbocycles. The molecule has 5 nitrogen and oxygen atoms in total. The summed E-state index contributed by atoms with van der Waals surface area (Å²) < 4.78 is 11.5. The van der Waals surface area contributed by atoms with Gasteiger partial charge in [-0.15, -0.1) is 0 Å². The fourth-order valence-corrected chi connectivity index (χ4v) is 3.56. The van der Waals surface area contributed by atoms with Gasteiger partial charge < -0.3 is 20.1 Å². The van der Waals surface area contributed by atoms with Crippen molar-refractivity contribution in [3.8, 4) is 0 Å². The fourth-order valence-electron chi connectivity index (χ4n) is 3.56. The second kappa shape index (κ2) is 8.87. The molecule has 2 saturated heterocycles. The normalized spacial score (nSPS) is 25.4. The molecule has 5 heteroatoms. The van der Waals surface area contributed by atoms with Gasteiger partial charge in [-0.05, 0) is 32.3 Å². The third-order valence-corrected chi connectivity index (χ3v) is 5.25. The lowest BCUT2D eigenvalue weighted by molar-refractivity contribution is -0.0945. The molecule has 144 valence electrons. The molecule has 2 heterocycles. The predicted octanol–water partition coefficient (Wildman–Crippen LogP) is 3.05. The van der Waals surface area contributed by atoms with E-state index >= 15 is 0 Å². The third kappa shape index (κ3) is 4.98. The quantitative estimate of drug-likeness (QED) is 0.605. The van der Waals surface area contributed by atoms with Crippen LogP contribution in [-0.4, -0.2) is 45.4 Å². The molecule has 1 aromatic rings. The maximum absolute atomic E-state index is 6.13. The first-order valence-corrected chi connectivity index (χ1v) is 9.88. The summed E-state index contributed by atoms with van der Waals surface area (Å²) >= 11 is 0. The molecule has 2 aliphatic rings. The van der Waals surface area contributed by atoms with Crippen molar-refractivity contribution in [2.75, 3.05) is 39.5 Å². The van der Waals surface area contributed by atoms with E-state index in [0.717, 1.165) is 51.8 Å². The van der Waals surface area contributed by atoms with Crippen LogP contribution < -0.4 is 10.6 Å². The van der Waals surface area contributed by atoms with Crippen LogP contribution in [-0.2, 0) is 9.47 Å². The highest BCUT2D eigenvalue weighted by molar-refractivity contribution is 5.79. The topological polar surface area (TPSA) is 54.9 Å². The first-order valence-electron chi connectivity index (χ1n) is 9.88. The standard InChI is InChI=1S/C21H33N3O2/c1-4-22-20(24-13-21(3)14-25-15-21)23-12-18-6-5-11-26-19(18)17-9-7-16(2)8-10-17/h7-10,18-19H,4-6,11-15H2,1-3H3,(H2,22,23,24). The summed E-state index contributed by atoms with van der Waals surface area (Å²) in [6.45, 7) is 11.4. The Kier molecular flexibility index (Phi) is 6.54. The van der Waals surface area contributed by atoms with Crippen molar-refractivity contribution in [3.05, 3.63) is 35.4 Å². The summed E-state index contributed by atoms with van der Waals surface area (Å²) in [6, 6.07) is 8.75. The monoisotopic (exact) mass is 359 g/mol. The Morgan fingerprint density at radius 1 is 1.23 bits per heavy atom. The van der Waals surface area contributed by atoms with Crippen molar-refractivity contribution >= 4 is 5.96 Å². The Bertz CT molecular complexity index is 596. The zero-order chi connectivity index (χ0) is 18.4. The highest BCUT2D eigenvalue weighted by atomic mass is 16.5. The van der Waals surface area contributed by atoms with Gasteiger partial charge in [0.25, 0.3) is 0 Å². The van der Waals surface area contributed by atoms with Gasteiger partial charge in [-0.1, -0.05) is 36.8 Å².